The summed E-state index contributed by atoms with van der Waals surface area (Å²) in [6, 6.07) is 39.8. The molecule has 0 atom stereocenters. The number of hydrogen-bond acceptors (Lipinski definition) is 6. The van der Waals surface area contributed by atoms with Crippen LogP contribution in [0.5, 0.6) is 23.0 Å². The van der Waals surface area contributed by atoms with E-state index in [0.717, 1.165) is 114 Å². The molecule has 4 N–H and O–H groups in total. The molecule has 2 aliphatic rings. The lowest BCUT2D eigenvalue weighted by molar-refractivity contribution is 0.304. The molecule has 0 fully saturated rings. The Kier molecular flexibility index (Phi) is 17.0. The Balaban J connectivity index is 1.15. The van der Waals surface area contributed by atoms with Crippen LogP contribution in [0.1, 0.15) is 139 Å². The Labute approximate surface area is 425 Å². The van der Waals surface area contributed by atoms with Gasteiger partial charge in [0.15, 0.2) is 0 Å². The Morgan fingerprint density at radius 2 is 0.597 bits per heavy atom. The molecule has 0 unspecified atom stereocenters. The van der Waals surface area contributed by atoms with E-state index in [0.29, 0.717) is 13.2 Å². The summed E-state index contributed by atoms with van der Waals surface area (Å²) < 4.78 is 12.6. The number of ether oxygens (including phenoxy) is 2. The molecular weight excluding hydrogens is 889 g/mol. The number of H-pyrrole nitrogens is 2. The van der Waals surface area contributed by atoms with Crippen LogP contribution in [-0.4, -0.2) is 43.4 Å². The molecule has 4 aromatic carbocycles. The van der Waals surface area contributed by atoms with Gasteiger partial charge in [0.05, 0.1) is 36.0 Å². The number of nitrogens with zero attached hydrogens (tertiary/aromatic N) is 2. The second-order valence-corrected chi connectivity index (χ2v) is 19.3. The molecule has 0 radical (unpaired) electrons. The van der Waals surface area contributed by atoms with Gasteiger partial charge in [-0.3, -0.25) is 0 Å². The minimum atomic E-state index is 0.190. The molecule has 2 aliphatic heterocycles. The monoisotopic (exact) mass is 959 g/mol. The van der Waals surface area contributed by atoms with E-state index in [2.05, 4.69) is 121 Å². The molecular formula is C64H70N4O4. The average molecular weight is 959 g/mol. The van der Waals surface area contributed by atoms with Crippen molar-refractivity contribution < 1.29 is 19.7 Å². The summed E-state index contributed by atoms with van der Waals surface area (Å²) in [5, 5.41) is 20.8. The molecule has 0 amide bonds. The predicted molar refractivity (Wildman–Crippen MR) is 300 cm³/mol. The van der Waals surface area contributed by atoms with Crippen molar-refractivity contribution in [3.8, 4) is 67.5 Å². The first-order valence-corrected chi connectivity index (χ1v) is 26.7. The van der Waals surface area contributed by atoms with E-state index in [9.17, 15) is 10.2 Å². The summed E-state index contributed by atoms with van der Waals surface area (Å²) in [6.45, 7) is 5.93. The van der Waals surface area contributed by atoms with Gasteiger partial charge in [-0.05, 0) is 132 Å². The van der Waals surface area contributed by atoms with Crippen LogP contribution in [-0.2, 0) is 0 Å². The van der Waals surface area contributed by atoms with Gasteiger partial charge in [0, 0.05) is 44.3 Å². The van der Waals surface area contributed by atoms with Crippen LogP contribution < -0.4 is 9.47 Å². The number of aromatic amines is 2. The summed E-state index contributed by atoms with van der Waals surface area (Å²) in [5.41, 5.74) is 14.2. The van der Waals surface area contributed by atoms with Crippen LogP contribution in [0.15, 0.2) is 121 Å². The third kappa shape index (κ3) is 12.4. The second kappa shape index (κ2) is 24.7. The van der Waals surface area contributed by atoms with Crippen LogP contribution in [0.25, 0.3) is 90.9 Å². The number of benzene rings is 4. The normalized spacial score (nSPS) is 11.9. The largest absolute Gasteiger partial charge is 0.508 e. The van der Waals surface area contributed by atoms with Crippen molar-refractivity contribution in [3.05, 3.63) is 144 Å². The molecule has 9 rings (SSSR count). The summed E-state index contributed by atoms with van der Waals surface area (Å²) in [4.78, 5) is 18.5. The lowest BCUT2D eigenvalue weighted by Gasteiger charge is -2.09. The molecule has 7 aromatic rings. The zero-order chi connectivity index (χ0) is 49.5. The quantitative estimate of drug-likeness (QED) is 0.0448. The van der Waals surface area contributed by atoms with Gasteiger partial charge >= 0.3 is 0 Å². The standard InChI is InChI=1S/C64H70N4O4/c1-3-5-7-9-11-13-15-17-43-71-51-31-23-47(24-32-51)63-57-39-37-55(66-57)61(45-19-27-49(69)28-20-45)53-35-36-54(65-53)62(46-21-29-50(70)30-22-46)56-38-40-58(67-56)64(60-42-41-59(63)68-60)48-25-33-52(34-26-48)72-44-18-16-14-12-10-8-6-4-2/h19-42,65,68-70H,3-18,43-44H2,1-2H3. The highest BCUT2D eigenvalue weighted by atomic mass is 16.5. The molecule has 8 bridgehead atoms. The second-order valence-electron chi connectivity index (χ2n) is 19.3. The van der Waals surface area contributed by atoms with Crippen LogP contribution >= 0.6 is 0 Å². The molecule has 0 aliphatic carbocycles. The van der Waals surface area contributed by atoms with Gasteiger partial charge in [0.1, 0.15) is 23.0 Å². The Bertz CT molecular complexity index is 2900. The maximum atomic E-state index is 10.4. The summed E-state index contributed by atoms with van der Waals surface area (Å²) in [5.74, 6) is 2.09. The number of rotatable bonds is 24. The van der Waals surface area contributed by atoms with E-state index in [1.54, 1.807) is 24.3 Å². The Morgan fingerprint density at radius 3 is 0.889 bits per heavy atom. The van der Waals surface area contributed by atoms with Gasteiger partial charge in [0.2, 0.25) is 0 Å². The number of fused-ring (bicyclic) bond motifs is 8. The number of aromatic hydroxyl groups is 2. The summed E-state index contributed by atoms with van der Waals surface area (Å²) >= 11 is 0. The molecule has 72 heavy (non-hydrogen) atoms. The molecule has 3 aromatic heterocycles. The van der Waals surface area contributed by atoms with Crippen molar-refractivity contribution in [3.63, 3.8) is 0 Å². The Morgan fingerprint density at radius 1 is 0.333 bits per heavy atom. The third-order valence-electron chi connectivity index (χ3n) is 13.9. The molecule has 5 heterocycles. The summed E-state index contributed by atoms with van der Waals surface area (Å²) in [6.07, 6.45) is 28.5. The molecule has 0 saturated heterocycles. The maximum Gasteiger partial charge on any atom is 0.119 e. The van der Waals surface area contributed by atoms with Gasteiger partial charge in [0.25, 0.3) is 0 Å². The van der Waals surface area contributed by atoms with Gasteiger partial charge < -0.3 is 29.7 Å². The van der Waals surface area contributed by atoms with Crippen LogP contribution in [0, 0.1) is 0 Å². The van der Waals surface area contributed by atoms with Crippen molar-refractivity contribution in [2.45, 2.75) is 117 Å². The molecule has 8 nitrogen and oxygen atoms in total. The highest BCUT2D eigenvalue weighted by Crippen LogP contribution is 2.39. The number of phenols is 2. The average Bonchev–Trinajstić information content (AvgIpc) is 4.26. The van der Waals surface area contributed by atoms with Crippen molar-refractivity contribution in [1.29, 1.82) is 0 Å². The fourth-order valence-corrected chi connectivity index (χ4v) is 9.96. The smallest absolute Gasteiger partial charge is 0.119 e. The molecule has 0 saturated carbocycles. The van der Waals surface area contributed by atoms with E-state index in [-0.39, 0.29) is 11.5 Å². The zero-order valence-electron chi connectivity index (χ0n) is 42.2. The first-order chi connectivity index (χ1) is 35.4. The van der Waals surface area contributed by atoms with Crippen LogP contribution in [0.3, 0.4) is 0 Å². The van der Waals surface area contributed by atoms with Crippen molar-refractivity contribution in [1.82, 2.24) is 19.9 Å². The van der Waals surface area contributed by atoms with Gasteiger partial charge in [-0.1, -0.05) is 152 Å². The van der Waals surface area contributed by atoms with Gasteiger partial charge in [-0.15, -0.1) is 0 Å². The lowest BCUT2D eigenvalue weighted by Crippen LogP contribution is -1.97. The van der Waals surface area contributed by atoms with Crippen molar-refractivity contribution in [2.75, 3.05) is 13.2 Å². The van der Waals surface area contributed by atoms with E-state index >= 15 is 0 Å². The lowest BCUT2D eigenvalue weighted by atomic mass is 10.0. The molecule has 370 valence electrons. The first kappa shape index (κ1) is 49.7. The van der Waals surface area contributed by atoms with Crippen LogP contribution in [0.4, 0.5) is 0 Å². The van der Waals surface area contributed by atoms with Crippen molar-refractivity contribution >= 4 is 46.4 Å². The zero-order valence-corrected chi connectivity index (χ0v) is 42.2. The van der Waals surface area contributed by atoms with Crippen molar-refractivity contribution in [2.24, 2.45) is 0 Å². The van der Waals surface area contributed by atoms with Crippen LogP contribution in [0.2, 0.25) is 0 Å². The van der Waals surface area contributed by atoms with Gasteiger partial charge in [-0.25, -0.2) is 9.97 Å². The first-order valence-electron chi connectivity index (χ1n) is 26.7. The van der Waals surface area contributed by atoms with E-state index in [4.69, 9.17) is 19.4 Å². The fraction of sp³-hybridized carbons (Fsp3) is 0.312. The van der Waals surface area contributed by atoms with E-state index in [1.165, 1.54) is 89.9 Å². The maximum absolute atomic E-state index is 10.4. The summed E-state index contributed by atoms with van der Waals surface area (Å²) in [7, 11) is 0. The van der Waals surface area contributed by atoms with Gasteiger partial charge in [-0.2, -0.15) is 0 Å². The predicted octanol–water partition coefficient (Wildman–Crippen LogP) is 17.8. The molecule has 8 heteroatoms. The third-order valence-corrected chi connectivity index (χ3v) is 13.9. The fourth-order valence-electron chi connectivity index (χ4n) is 9.96. The number of nitrogens with one attached hydrogen (secondary N) is 2. The highest BCUT2D eigenvalue weighted by Gasteiger charge is 2.19. The Hall–Kier alpha value is -7.32. The number of aromatic nitrogens is 4. The SMILES string of the molecule is CCCCCCCCCCOc1ccc(-c2c3nc(c(-c4ccc(O)cc4)c4ccc([nH]4)c(-c4ccc(O)cc4)c4nc(c(-c5ccc(OCCCCCCCCCC)cc5)c5ccc2[nH]5)C=C4)C=C3)cc1. The van der Waals surface area contributed by atoms with E-state index < -0.39 is 0 Å². The minimum Gasteiger partial charge on any atom is -0.508 e. The minimum absolute atomic E-state index is 0.190. The topological polar surface area (TPSA) is 116 Å². The van der Waals surface area contributed by atoms with E-state index in [1.807, 2.05) is 24.3 Å². The highest BCUT2D eigenvalue weighted by molar-refractivity contribution is 6.00. The number of unbranched alkanes of at least 4 members (excludes halogenated alkanes) is 14. The number of hydrogen-bond donors (Lipinski definition) is 4. The molecule has 0 spiro atoms. The number of phenolic OH excluding ortho intramolecular Hbond substituents is 2.